The van der Waals surface area contributed by atoms with E-state index in [0.29, 0.717) is 24.3 Å². The van der Waals surface area contributed by atoms with Gasteiger partial charge in [-0.15, -0.1) is 0 Å². The Morgan fingerprint density at radius 3 is 2.19 bits per heavy atom. The lowest BCUT2D eigenvalue weighted by atomic mass is 10.0. The molecule has 1 heterocycles. The van der Waals surface area contributed by atoms with Gasteiger partial charge in [-0.3, -0.25) is 9.59 Å². The van der Waals surface area contributed by atoms with E-state index >= 15 is 0 Å². The van der Waals surface area contributed by atoms with Gasteiger partial charge in [0.15, 0.2) is 0 Å². The molecule has 1 N–H and O–H groups in total. The largest absolute Gasteiger partial charge is 0.338 e. The number of rotatable bonds is 4. The average Bonchev–Trinajstić information content (AvgIpc) is 2.66. The van der Waals surface area contributed by atoms with E-state index in [1.165, 1.54) is 15.9 Å². The summed E-state index contributed by atoms with van der Waals surface area (Å²) < 4.78 is 0. The number of likely N-dealkylation sites (N-methyl/N-ethyl adjacent to an activating group) is 1. The smallest absolute Gasteiger partial charge is 0.317 e. The molecular weight excluding hydrogens is 332 g/mol. The predicted molar refractivity (Wildman–Crippen MR) is 101 cm³/mol. The summed E-state index contributed by atoms with van der Waals surface area (Å²) in [5.41, 5.74) is 1.29. The number of hydrogen-bond acceptors (Lipinski definition) is 3. The van der Waals surface area contributed by atoms with E-state index in [4.69, 9.17) is 0 Å². The average molecular weight is 358 g/mol. The second kappa shape index (κ2) is 8.51. The van der Waals surface area contributed by atoms with Crippen LogP contribution in [0.2, 0.25) is 0 Å². The van der Waals surface area contributed by atoms with Crippen LogP contribution in [-0.4, -0.2) is 67.9 Å². The summed E-state index contributed by atoms with van der Waals surface area (Å²) in [4.78, 5) is 40.8. The van der Waals surface area contributed by atoms with E-state index in [9.17, 15) is 14.4 Å². The maximum absolute atomic E-state index is 12.6. The van der Waals surface area contributed by atoms with E-state index in [2.05, 4.69) is 11.9 Å². The molecule has 0 spiro atoms. The molecule has 1 fully saturated rings. The molecule has 26 heavy (non-hydrogen) atoms. The first-order chi connectivity index (χ1) is 12.3. The number of benzene rings is 1. The summed E-state index contributed by atoms with van der Waals surface area (Å²) in [6.45, 7) is 4.68. The van der Waals surface area contributed by atoms with Crippen LogP contribution in [0.3, 0.4) is 0 Å². The summed E-state index contributed by atoms with van der Waals surface area (Å²) >= 11 is 0. The maximum atomic E-state index is 12.6. The van der Waals surface area contributed by atoms with E-state index in [1.807, 2.05) is 0 Å². The van der Waals surface area contributed by atoms with Gasteiger partial charge in [0.1, 0.15) is 0 Å². The molecule has 0 radical (unpaired) electrons. The Morgan fingerprint density at radius 1 is 1.12 bits per heavy atom. The standard InChI is InChI=1S/C19H26N4O3/c1-5-17(24)22(4)16-8-6-14(7-9-16)18(25)23-12-10-15(11-13-23)20-19(26)21(2)3/h5-9,15H,1,10-13H2,2-4H3,(H,20,26). The number of hydrogen-bond donors (Lipinski definition) is 1. The van der Waals surface area contributed by atoms with Crippen molar-refractivity contribution in [3.05, 3.63) is 42.5 Å². The van der Waals surface area contributed by atoms with Gasteiger partial charge in [-0.1, -0.05) is 6.58 Å². The van der Waals surface area contributed by atoms with Crippen LogP contribution in [0, 0.1) is 0 Å². The minimum absolute atomic E-state index is 0.0355. The van der Waals surface area contributed by atoms with E-state index < -0.39 is 0 Å². The van der Waals surface area contributed by atoms with Crippen LogP contribution in [-0.2, 0) is 4.79 Å². The fourth-order valence-corrected chi connectivity index (χ4v) is 2.80. The molecule has 1 saturated heterocycles. The molecule has 2 rings (SSSR count). The molecular formula is C19H26N4O3. The number of piperidine rings is 1. The molecule has 0 aromatic heterocycles. The van der Waals surface area contributed by atoms with Gasteiger partial charge in [0.05, 0.1) is 0 Å². The van der Waals surface area contributed by atoms with Crippen LogP contribution in [0.4, 0.5) is 10.5 Å². The quantitative estimate of drug-likeness (QED) is 0.833. The van der Waals surface area contributed by atoms with Crippen LogP contribution < -0.4 is 10.2 Å². The number of nitrogens with one attached hydrogen (secondary N) is 1. The zero-order valence-corrected chi connectivity index (χ0v) is 15.6. The van der Waals surface area contributed by atoms with Gasteiger partial charge in [0.25, 0.3) is 5.91 Å². The topological polar surface area (TPSA) is 73.0 Å². The molecule has 0 aliphatic carbocycles. The summed E-state index contributed by atoms with van der Waals surface area (Å²) in [6, 6.07) is 6.94. The van der Waals surface area contributed by atoms with E-state index in [1.54, 1.807) is 50.3 Å². The Bertz CT molecular complexity index is 677. The van der Waals surface area contributed by atoms with Crippen LogP contribution in [0.25, 0.3) is 0 Å². The van der Waals surface area contributed by atoms with Crippen molar-refractivity contribution in [2.75, 3.05) is 39.1 Å². The molecule has 7 heteroatoms. The highest BCUT2D eigenvalue weighted by molar-refractivity contribution is 6.01. The SMILES string of the molecule is C=CC(=O)N(C)c1ccc(C(=O)N2CCC(NC(=O)N(C)C)CC2)cc1. The minimum atomic E-state index is -0.203. The van der Waals surface area contributed by atoms with Crippen molar-refractivity contribution in [1.82, 2.24) is 15.1 Å². The highest BCUT2D eigenvalue weighted by Crippen LogP contribution is 2.18. The third-order valence-electron chi connectivity index (χ3n) is 4.52. The molecule has 0 bridgehead atoms. The Morgan fingerprint density at radius 2 is 1.69 bits per heavy atom. The van der Waals surface area contributed by atoms with Crippen molar-refractivity contribution < 1.29 is 14.4 Å². The molecule has 7 nitrogen and oxygen atoms in total. The number of likely N-dealkylation sites (tertiary alicyclic amines) is 1. The lowest BCUT2D eigenvalue weighted by Gasteiger charge is -2.33. The maximum Gasteiger partial charge on any atom is 0.317 e. The fraction of sp³-hybridized carbons (Fsp3) is 0.421. The molecule has 1 aliphatic heterocycles. The predicted octanol–water partition coefficient (Wildman–Crippen LogP) is 1.71. The van der Waals surface area contributed by atoms with Gasteiger partial charge in [-0.25, -0.2) is 4.79 Å². The lowest BCUT2D eigenvalue weighted by Crippen LogP contribution is -2.48. The first-order valence-electron chi connectivity index (χ1n) is 8.60. The molecule has 1 aromatic carbocycles. The second-order valence-corrected chi connectivity index (χ2v) is 6.56. The Balaban J connectivity index is 1.93. The molecule has 4 amide bonds. The summed E-state index contributed by atoms with van der Waals surface area (Å²) in [6.07, 6.45) is 2.72. The van der Waals surface area contributed by atoms with Crippen molar-refractivity contribution >= 4 is 23.5 Å². The van der Waals surface area contributed by atoms with Crippen molar-refractivity contribution in [3.63, 3.8) is 0 Å². The number of carbonyl (C=O) groups is 3. The lowest BCUT2D eigenvalue weighted by molar-refractivity contribution is -0.113. The third kappa shape index (κ3) is 4.62. The van der Waals surface area contributed by atoms with Crippen LogP contribution >= 0.6 is 0 Å². The van der Waals surface area contributed by atoms with Gasteiger partial charge in [0.2, 0.25) is 5.91 Å². The zero-order chi connectivity index (χ0) is 19.3. The first kappa shape index (κ1) is 19.5. The third-order valence-corrected chi connectivity index (χ3v) is 4.52. The Kier molecular flexibility index (Phi) is 6.38. The van der Waals surface area contributed by atoms with Crippen molar-refractivity contribution in [2.45, 2.75) is 18.9 Å². The number of carbonyl (C=O) groups excluding carboxylic acids is 3. The molecule has 140 valence electrons. The number of amides is 4. The van der Waals surface area contributed by atoms with Crippen molar-refractivity contribution in [2.24, 2.45) is 0 Å². The van der Waals surface area contributed by atoms with Crippen molar-refractivity contribution in [1.29, 1.82) is 0 Å². The zero-order valence-electron chi connectivity index (χ0n) is 15.6. The van der Waals surface area contributed by atoms with Crippen LogP contribution in [0.1, 0.15) is 23.2 Å². The van der Waals surface area contributed by atoms with Gasteiger partial charge in [-0.2, -0.15) is 0 Å². The number of urea groups is 1. The van der Waals surface area contributed by atoms with Crippen molar-refractivity contribution in [3.8, 4) is 0 Å². The van der Waals surface area contributed by atoms with Gasteiger partial charge in [0, 0.05) is 51.5 Å². The first-order valence-corrected chi connectivity index (χ1v) is 8.60. The monoisotopic (exact) mass is 358 g/mol. The van der Waals surface area contributed by atoms with Gasteiger partial charge >= 0.3 is 6.03 Å². The second-order valence-electron chi connectivity index (χ2n) is 6.56. The molecule has 0 unspecified atom stereocenters. The van der Waals surface area contributed by atoms with Gasteiger partial charge < -0.3 is 20.0 Å². The minimum Gasteiger partial charge on any atom is -0.338 e. The van der Waals surface area contributed by atoms with E-state index in [-0.39, 0.29) is 23.9 Å². The van der Waals surface area contributed by atoms with Crippen LogP contribution in [0.5, 0.6) is 0 Å². The highest BCUT2D eigenvalue weighted by Gasteiger charge is 2.25. The highest BCUT2D eigenvalue weighted by atomic mass is 16.2. The Labute approximate surface area is 154 Å². The molecule has 0 atom stereocenters. The van der Waals surface area contributed by atoms with Crippen LogP contribution in [0.15, 0.2) is 36.9 Å². The molecule has 1 aliphatic rings. The Hall–Kier alpha value is -2.83. The fourth-order valence-electron chi connectivity index (χ4n) is 2.80. The van der Waals surface area contributed by atoms with E-state index in [0.717, 1.165) is 12.8 Å². The number of anilines is 1. The normalized spacial score (nSPS) is 14.5. The van der Waals surface area contributed by atoms with Gasteiger partial charge in [-0.05, 0) is 43.2 Å². The summed E-state index contributed by atoms with van der Waals surface area (Å²) in [5.74, 6) is -0.238. The molecule has 1 aromatic rings. The molecule has 0 saturated carbocycles. The number of nitrogens with zero attached hydrogens (tertiary/aromatic N) is 3. The summed E-state index contributed by atoms with van der Waals surface area (Å²) in [7, 11) is 5.07. The summed E-state index contributed by atoms with van der Waals surface area (Å²) in [5, 5.41) is 2.96.